The van der Waals surface area contributed by atoms with Gasteiger partial charge in [-0.05, 0) is 48.5 Å². The molecule has 0 aliphatic rings. The van der Waals surface area contributed by atoms with Crippen LogP contribution >= 0.6 is 0 Å². The standard InChI is InChI=1S/C48H29N7O/c1-3-12-30(13-4-1)41-43-42(38-18-11-29-49-48(38)56-43)51-44(50-41)32-21-23-33(24-22-32)46-52-45(31-14-5-2-6-15-31)53-47(54-46)34-25-27-35(28-26-34)55-39-19-9-7-16-36(39)37-17-8-10-20-40(37)55/h1-29H. The van der Waals surface area contributed by atoms with Crippen LogP contribution in [0.1, 0.15) is 0 Å². The van der Waals surface area contributed by atoms with E-state index in [0.717, 1.165) is 55.4 Å². The minimum absolute atomic E-state index is 0.530. The summed E-state index contributed by atoms with van der Waals surface area (Å²) >= 11 is 0. The molecule has 11 rings (SSSR count). The first kappa shape index (κ1) is 31.7. The van der Waals surface area contributed by atoms with Crippen molar-refractivity contribution in [3.05, 3.63) is 176 Å². The molecule has 0 saturated carbocycles. The molecular weight excluding hydrogens is 691 g/mol. The lowest BCUT2D eigenvalue weighted by atomic mass is 10.1. The summed E-state index contributed by atoms with van der Waals surface area (Å²) in [7, 11) is 0. The quantitative estimate of drug-likeness (QED) is 0.169. The highest BCUT2D eigenvalue weighted by atomic mass is 16.3. The van der Waals surface area contributed by atoms with Crippen LogP contribution in [-0.2, 0) is 0 Å². The van der Waals surface area contributed by atoms with E-state index >= 15 is 0 Å². The Balaban J connectivity index is 0.999. The Morgan fingerprint density at radius 3 is 1.43 bits per heavy atom. The van der Waals surface area contributed by atoms with E-state index in [-0.39, 0.29) is 0 Å². The van der Waals surface area contributed by atoms with Gasteiger partial charge in [0.2, 0.25) is 5.71 Å². The average Bonchev–Trinajstić information content (AvgIpc) is 3.83. The molecule has 0 fully saturated rings. The highest BCUT2D eigenvalue weighted by molar-refractivity contribution is 6.09. The average molecular weight is 720 g/mol. The minimum Gasteiger partial charge on any atom is -0.434 e. The molecule has 8 nitrogen and oxygen atoms in total. The van der Waals surface area contributed by atoms with Crippen molar-refractivity contribution in [3.63, 3.8) is 0 Å². The number of fused-ring (bicyclic) bond motifs is 6. The Hall–Kier alpha value is -7.84. The van der Waals surface area contributed by atoms with Gasteiger partial charge in [-0.3, -0.25) is 0 Å². The first-order chi connectivity index (χ1) is 27.7. The molecule has 0 aliphatic heterocycles. The Labute approximate surface area is 320 Å². The summed E-state index contributed by atoms with van der Waals surface area (Å²) in [5.41, 5.74) is 10.4. The second-order valence-electron chi connectivity index (χ2n) is 13.6. The second-order valence-corrected chi connectivity index (χ2v) is 13.6. The fraction of sp³-hybridized carbons (Fsp3) is 0. The molecule has 11 aromatic rings. The molecule has 0 amide bonds. The zero-order valence-electron chi connectivity index (χ0n) is 29.8. The molecule has 262 valence electrons. The van der Waals surface area contributed by atoms with Crippen LogP contribution < -0.4 is 0 Å². The summed E-state index contributed by atoms with van der Waals surface area (Å²) in [4.78, 5) is 29.5. The fourth-order valence-electron chi connectivity index (χ4n) is 7.48. The summed E-state index contributed by atoms with van der Waals surface area (Å²) in [6.45, 7) is 0. The molecule has 0 atom stereocenters. The summed E-state index contributed by atoms with van der Waals surface area (Å²) in [5.74, 6) is 2.34. The lowest BCUT2D eigenvalue weighted by Crippen LogP contribution is -2.01. The van der Waals surface area contributed by atoms with E-state index < -0.39 is 0 Å². The Kier molecular flexibility index (Phi) is 7.31. The van der Waals surface area contributed by atoms with Crippen molar-refractivity contribution < 1.29 is 4.42 Å². The Morgan fingerprint density at radius 1 is 0.375 bits per heavy atom. The van der Waals surface area contributed by atoms with Crippen molar-refractivity contribution in [1.82, 2.24) is 34.5 Å². The molecule has 0 saturated heterocycles. The number of rotatable bonds is 6. The van der Waals surface area contributed by atoms with E-state index in [2.05, 4.69) is 82.3 Å². The maximum Gasteiger partial charge on any atom is 0.229 e. The van der Waals surface area contributed by atoms with Gasteiger partial charge in [0.25, 0.3) is 0 Å². The molecule has 0 spiro atoms. The van der Waals surface area contributed by atoms with Gasteiger partial charge >= 0.3 is 0 Å². The van der Waals surface area contributed by atoms with Crippen LogP contribution in [0.25, 0.3) is 107 Å². The van der Waals surface area contributed by atoms with E-state index in [9.17, 15) is 0 Å². The number of nitrogens with zero attached hydrogens (tertiary/aromatic N) is 7. The van der Waals surface area contributed by atoms with Gasteiger partial charge in [0.15, 0.2) is 28.9 Å². The van der Waals surface area contributed by atoms with Gasteiger partial charge in [0, 0.05) is 50.5 Å². The molecule has 0 radical (unpaired) electrons. The van der Waals surface area contributed by atoms with Gasteiger partial charge in [-0.1, -0.05) is 121 Å². The number of aromatic nitrogens is 7. The molecule has 0 aliphatic carbocycles. The van der Waals surface area contributed by atoms with Crippen LogP contribution in [0.4, 0.5) is 0 Å². The second kappa shape index (κ2) is 12.9. The SMILES string of the molecule is c1ccc(-c2nc(-c3ccc(-c4nc(-c5ccccc5)c5oc6ncccc6c5n4)cc3)nc(-c3ccc(-n4c5ccccc5c5ccccc54)cc3)n2)cc1. The summed E-state index contributed by atoms with van der Waals surface area (Å²) in [5, 5.41) is 3.29. The van der Waals surface area contributed by atoms with Crippen molar-refractivity contribution in [1.29, 1.82) is 0 Å². The Morgan fingerprint density at radius 2 is 0.839 bits per heavy atom. The van der Waals surface area contributed by atoms with Gasteiger partial charge in [0.05, 0.1) is 16.4 Å². The topological polar surface area (TPSA) is 95.4 Å². The highest BCUT2D eigenvalue weighted by Crippen LogP contribution is 2.36. The molecule has 0 N–H and O–H groups in total. The van der Waals surface area contributed by atoms with Crippen molar-refractivity contribution in [2.24, 2.45) is 0 Å². The molecule has 6 aromatic carbocycles. The normalized spacial score (nSPS) is 11.6. The third-order valence-electron chi connectivity index (χ3n) is 10.2. The maximum atomic E-state index is 6.20. The largest absolute Gasteiger partial charge is 0.434 e. The smallest absolute Gasteiger partial charge is 0.229 e. The first-order valence-corrected chi connectivity index (χ1v) is 18.4. The zero-order chi connectivity index (χ0) is 37.0. The van der Waals surface area contributed by atoms with Crippen molar-refractivity contribution in [3.8, 4) is 62.5 Å². The molecule has 56 heavy (non-hydrogen) atoms. The van der Waals surface area contributed by atoms with Crippen molar-refractivity contribution in [2.45, 2.75) is 0 Å². The number of furan rings is 1. The van der Waals surface area contributed by atoms with E-state index in [0.29, 0.717) is 40.3 Å². The minimum atomic E-state index is 0.530. The van der Waals surface area contributed by atoms with Gasteiger partial charge < -0.3 is 8.98 Å². The predicted octanol–water partition coefficient (Wildman–Crippen LogP) is 11.4. The molecule has 0 bridgehead atoms. The van der Waals surface area contributed by atoms with Crippen LogP contribution in [0.3, 0.4) is 0 Å². The fourth-order valence-corrected chi connectivity index (χ4v) is 7.48. The molecule has 5 aromatic heterocycles. The highest BCUT2D eigenvalue weighted by Gasteiger charge is 2.19. The van der Waals surface area contributed by atoms with Gasteiger partial charge in [-0.25, -0.2) is 29.9 Å². The van der Waals surface area contributed by atoms with Crippen LogP contribution in [0.15, 0.2) is 180 Å². The predicted molar refractivity (Wildman–Crippen MR) is 222 cm³/mol. The maximum absolute atomic E-state index is 6.20. The van der Waals surface area contributed by atoms with E-state index in [1.54, 1.807) is 6.20 Å². The molecule has 5 heterocycles. The molecule has 0 unspecified atom stereocenters. The number of pyridine rings is 1. The van der Waals surface area contributed by atoms with E-state index in [4.69, 9.17) is 29.3 Å². The van der Waals surface area contributed by atoms with E-state index in [1.165, 1.54) is 10.8 Å². The van der Waals surface area contributed by atoms with E-state index in [1.807, 2.05) is 97.1 Å². The van der Waals surface area contributed by atoms with Crippen LogP contribution in [0, 0.1) is 0 Å². The summed E-state index contributed by atoms with van der Waals surface area (Å²) < 4.78 is 8.51. The lowest BCUT2D eigenvalue weighted by molar-refractivity contribution is 0.652. The third-order valence-corrected chi connectivity index (χ3v) is 10.2. The zero-order valence-corrected chi connectivity index (χ0v) is 29.8. The number of hydrogen-bond acceptors (Lipinski definition) is 7. The van der Waals surface area contributed by atoms with Crippen LogP contribution in [-0.4, -0.2) is 34.5 Å². The molecular formula is C48H29N7O. The van der Waals surface area contributed by atoms with Crippen molar-refractivity contribution in [2.75, 3.05) is 0 Å². The monoisotopic (exact) mass is 719 g/mol. The third kappa shape index (κ3) is 5.31. The van der Waals surface area contributed by atoms with Gasteiger partial charge in [0.1, 0.15) is 11.2 Å². The Bertz CT molecular complexity index is 3180. The van der Waals surface area contributed by atoms with Crippen LogP contribution in [0.5, 0.6) is 0 Å². The summed E-state index contributed by atoms with van der Waals surface area (Å²) in [6, 6.07) is 57.4. The summed E-state index contributed by atoms with van der Waals surface area (Å²) in [6.07, 6.45) is 1.72. The van der Waals surface area contributed by atoms with Gasteiger partial charge in [-0.2, -0.15) is 0 Å². The first-order valence-electron chi connectivity index (χ1n) is 18.4. The number of hydrogen-bond donors (Lipinski definition) is 0. The molecule has 8 heteroatoms. The van der Waals surface area contributed by atoms with Crippen LogP contribution in [0.2, 0.25) is 0 Å². The lowest BCUT2D eigenvalue weighted by Gasteiger charge is -2.11. The number of para-hydroxylation sites is 2. The number of benzene rings is 6. The van der Waals surface area contributed by atoms with Gasteiger partial charge in [-0.15, -0.1) is 0 Å². The van der Waals surface area contributed by atoms with Crippen molar-refractivity contribution >= 4 is 44.0 Å².